The smallest absolute Gasteiger partial charge is 0.246 e. The number of nitrogens with one attached hydrogen (secondary N) is 3. The van der Waals surface area contributed by atoms with Crippen LogP contribution in [0.15, 0.2) is 29.8 Å². The summed E-state index contributed by atoms with van der Waals surface area (Å²) >= 11 is 1.62. The van der Waals surface area contributed by atoms with E-state index in [1.165, 1.54) is 12.8 Å². The molecule has 0 radical (unpaired) electrons. The Bertz CT molecular complexity index is 1270. The predicted octanol–water partition coefficient (Wildman–Crippen LogP) is 3.72. The van der Waals surface area contributed by atoms with E-state index in [9.17, 15) is 14.4 Å². The lowest BCUT2D eigenvalue weighted by atomic mass is 9.71. The number of carbonyl (C=O) groups is 3. The minimum absolute atomic E-state index is 0.119. The van der Waals surface area contributed by atoms with Crippen molar-refractivity contribution in [3.8, 4) is 10.4 Å². The van der Waals surface area contributed by atoms with Crippen molar-refractivity contribution in [2.24, 2.45) is 10.8 Å². The summed E-state index contributed by atoms with van der Waals surface area (Å²) in [7, 11) is 0. The number of rotatable bonds is 8. The number of piperidine rings is 2. The van der Waals surface area contributed by atoms with E-state index in [4.69, 9.17) is 0 Å². The minimum atomic E-state index is -0.698. The summed E-state index contributed by atoms with van der Waals surface area (Å²) in [5.74, 6) is -0.436. The monoisotopic (exact) mass is 608 g/mol. The number of benzene rings is 1. The first kappa shape index (κ1) is 31.6. The molecule has 5 rings (SSSR count). The Labute approximate surface area is 260 Å². The Morgan fingerprint density at radius 1 is 1.07 bits per heavy atom. The fourth-order valence-electron chi connectivity index (χ4n) is 6.83. The predicted molar refractivity (Wildman–Crippen MR) is 170 cm³/mol. The van der Waals surface area contributed by atoms with Gasteiger partial charge in [-0.3, -0.25) is 19.3 Å². The van der Waals surface area contributed by atoms with Crippen molar-refractivity contribution < 1.29 is 14.4 Å². The molecule has 3 saturated heterocycles. The number of thiazole rings is 1. The molecule has 1 aromatic heterocycles. The highest BCUT2D eigenvalue weighted by Gasteiger charge is 2.42. The van der Waals surface area contributed by atoms with Crippen LogP contribution in [0.4, 0.5) is 0 Å². The Hall–Kier alpha value is -2.82. The normalized spacial score (nSPS) is 21.5. The molecule has 3 amide bonds. The van der Waals surface area contributed by atoms with Crippen molar-refractivity contribution in [2.75, 3.05) is 39.3 Å². The van der Waals surface area contributed by atoms with Crippen molar-refractivity contribution >= 4 is 29.1 Å². The molecule has 3 aliphatic rings. The summed E-state index contributed by atoms with van der Waals surface area (Å²) in [5.41, 5.74) is 4.91. The van der Waals surface area contributed by atoms with Gasteiger partial charge in [-0.1, -0.05) is 45.0 Å². The quantitative estimate of drug-likeness (QED) is 0.422. The van der Waals surface area contributed by atoms with Crippen LogP contribution >= 0.6 is 11.3 Å². The van der Waals surface area contributed by atoms with Crippen molar-refractivity contribution in [3.05, 3.63) is 41.0 Å². The molecule has 1 aromatic carbocycles. The van der Waals surface area contributed by atoms with Crippen molar-refractivity contribution in [1.29, 1.82) is 0 Å². The Morgan fingerprint density at radius 3 is 2.40 bits per heavy atom. The van der Waals surface area contributed by atoms with E-state index in [-0.39, 0.29) is 17.7 Å². The van der Waals surface area contributed by atoms with E-state index in [1.54, 1.807) is 16.2 Å². The SMILES string of the molecule is Cc1ncsc1-c1ccc(CNC(=O)C2CCCN2C(=O)C(NC(=O)CN2CCC3(CCNCC3)CC2)C(C)(C)C)cc1. The zero-order valence-corrected chi connectivity index (χ0v) is 27.0. The van der Waals surface area contributed by atoms with Gasteiger partial charge in [0.15, 0.2) is 0 Å². The molecule has 2 aromatic rings. The van der Waals surface area contributed by atoms with Gasteiger partial charge in [0.2, 0.25) is 17.7 Å². The van der Waals surface area contributed by atoms with Gasteiger partial charge in [-0.25, -0.2) is 4.98 Å². The number of hydrogen-bond donors (Lipinski definition) is 3. The highest BCUT2D eigenvalue weighted by atomic mass is 32.1. The van der Waals surface area contributed by atoms with Crippen LogP contribution in [0, 0.1) is 17.8 Å². The second kappa shape index (κ2) is 13.4. The first-order valence-electron chi connectivity index (χ1n) is 15.8. The molecule has 10 heteroatoms. The van der Waals surface area contributed by atoms with Crippen LogP contribution in [-0.2, 0) is 20.9 Å². The van der Waals surface area contributed by atoms with Crippen LogP contribution < -0.4 is 16.0 Å². The Balaban J connectivity index is 1.15. The number of aromatic nitrogens is 1. The number of hydrogen-bond acceptors (Lipinski definition) is 7. The van der Waals surface area contributed by atoms with E-state index in [1.807, 2.05) is 45.3 Å². The molecule has 1 spiro atoms. The fraction of sp³-hybridized carbons (Fsp3) is 0.636. The average molecular weight is 609 g/mol. The van der Waals surface area contributed by atoms with Gasteiger partial charge >= 0.3 is 0 Å². The molecule has 0 aliphatic carbocycles. The Morgan fingerprint density at radius 2 is 1.77 bits per heavy atom. The van der Waals surface area contributed by atoms with Crippen LogP contribution in [0.3, 0.4) is 0 Å². The van der Waals surface area contributed by atoms with Crippen LogP contribution in [0.2, 0.25) is 0 Å². The highest BCUT2D eigenvalue weighted by molar-refractivity contribution is 7.13. The van der Waals surface area contributed by atoms with Crippen LogP contribution in [0.5, 0.6) is 0 Å². The van der Waals surface area contributed by atoms with Gasteiger partial charge < -0.3 is 20.9 Å². The third-order valence-electron chi connectivity index (χ3n) is 9.63. The first-order chi connectivity index (χ1) is 20.5. The van der Waals surface area contributed by atoms with Gasteiger partial charge in [-0.15, -0.1) is 11.3 Å². The molecule has 2 atom stereocenters. The first-order valence-corrected chi connectivity index (χ1v) is 16.7. The molecule has 43 heavy (non-hydrogen) atoms. The second-order valence-corrected chi connectivity index (χ2v) is 14.6. The lowest BCUT2D eigenvalue weighted by Gasteiger charge is -2.44. The van der Waals surface area contributed by atoms with Gasteiger partial charge in [0.25, 0.3) is 0 Å². The Kier molecular flexibility index (Phi) is 9.88. The molecule has 3 N–H and O–H groups in total. The van der Waals surface area contributed by atoms with Crippen molar-refractivity contribution in [1.82, 2.24) is 30.7 Å². The summed E-state index contributed by atoms with van der Waals surface area (Å²) in [5, 5.41) is 9.58. The molecule has 3 fully saturated rings. The number of carbonyl (C=O) groups excluding carboxylic acids is 3. The lowest BCUT2D eigenvalue weighted by molar-refractivity contribution is -0.144. The summed E-state index contributed by atoms with van der Waals surface area (Å²) in [6, 6.07) is 6.92. The molecule has 0 bridgehead atoms. The largest absolute Gasteiger partial charge is 0.350 e. The standard InChI is InChI=1S/C33H48N6O3S/c1-23-28(43-22-36-23)25-9-7-24(8-10-25)20-35-30(41)26-6-5-17-39(26)31(42)29(32(2,3)4)37-27(40)21-38-18-13-33(14-19-38)11-15-34-16-12-33/h7-10,22,26,29,34H,5-6,11-21H2,1-4H3,(H,35,41)(H,37,40). The topological polar surface area (TPSA) is 107 Å². The minimum Gasteiger partial charge on any atom is -0.350 e. The van der Waals surface area contributed by atoms with E-state index in [0.717, 1.165) is 67.1 Å². The van der Waals surface area contributed by atoms with Gasteiger partial charge in [-0.2, -0.15) is 0 Å². The zero-order chi connectivity index (χ0) is 30.6. The molecule has 3 aliphatic heterocycles. The van der Waals surface area contributed by atoms with E-state index >= 15 is 0 Å². The molecule has 234 valence electrons. The fourth-order valence-corrected chi connectivity index (χ4v) is 7.64. The highest BCUT2D eigenvalue weighted by Crippen LogP contribution is 2.39. The summed E-state index contributed by atoms with van der Waals surface area (Å²) < 4.78 is 0. The van der Waals surface area contributed by atoms with Gasteiger partial charge in [0, 0.05) is 13.1 Å². The van der Waals surface area contributed by atoms with Gasteiger partial charge in [0.05, 0.1) is 22.6 Å². The van der Waals surface area contributed by atoms with E-state index in [2.05, 4.69) is 38.0 Å². The summed E-state index contributed by atoms with van der Waals surface area (Å²) in [4.78, 5) is 49.8. The summed E-state index contributed by atoms with van der Waals surface area (Å²) in [6.45, 7) is 13.2. The third-order valence-corrected chi connectivity index (χ3v) is 10.6. The van der Waals surface area contributed by atoms with Gasteiger partial charge in [-0.05, 0) is 93.6 Å². The van der Waals surface area contributed by atoms with Crippen LogP contribution in [0.25, 0.3) is 10.4 Å². The second-order valence-electron chi connectivity index (χ2n) is 13.8. The molecule has 4 heterocycles. The van der Waals surface area contributed by atoms with E-state index < -0.39 is 17.5 Å². The number of likely N-dealkylation sites (tertiary alicyclic amines) is 2. The zero-order valence-electron chi connectivity index (χ0n) is 26.2. The molecular formula is C33H48N6O3S. The number of nitrogens with zero attached hydrogens (tertiary/aromatic N) is 3. The summed E-state index contributed by atoms with van der Waals surface area (Å²) in [6.07, 6.45) is 6.09. The number of amides is 3. The maximum absolute atomic E-state index is 13.9. The van der Waals surface area contributed by atoms with E-state index in [0.29, 0.717) is 31.5 Å². The van der Waals surface area contributed by atoms with Crippen LogP contribution in [0.1, 0.15) is 70.6 Å². The van der Waals surface area contributed by atoms with Crippen LogP contribution in [-0.4, -0.2) is 83.9 Å². The molecule has 9 nitrogen and oxygen atoms in total. The van der Waals surface area contributed by atoms with Crippen molar-refractivity contribution in [3.63, 3.8) is 0 Å². The molecular weight excluding hydrogens is 560 g/mol. The third kappa shape index (κ3) is 7.64. The molecule has 2 unspecified atom stereocenters. The van der Waals surface area contributed by atoms with Gasteiger partial charge in [0.1, 0.15) is 12.1 Å². The maximum Gasteiger partial charge on any atom is 0.246 e. The maximum atomic E-state index is 13.9. The lowest BCUT2D eigenvalue weighted by Crippen LogP contribution is -2.59. The van der Waals surface area contributed by atoms with Crippen molar-refractivity contribution in [2.45, 2.75) is 84.8 Å². The number of aryl methyl sites for hydroxylation is 1. The molecule has 0 saturated carbocycles. The average Bonchev–Trinajstić information content (AvgIpc) is 3.65.